The maximum atomic E-state index is 11.2. The van der Waals surface area contributed by atoms with Gasteiger partial charge in [-0.1, -0.05) is 12.1 Å². The van der Waals surface area contributed by atoms with Crippen LogP contribution in [0.1, 0.15) is 5.56 Å². The molecule has 0 aromatic heterocycles. The van der Waals surface area contributed by atoms with Gasteiger partial charge >= 0.3 is 0 Å². The van der Waals surface area contributed by atoms with Crippen molar-refractivity contribution in [2.75, 3.05) is 7.11 Å². The first-order chi connectivity index (χ1) is 7.45. The van der Waals surface area contributed by atoms with Crippen molar-refractivity contribution in [2.24, 2.45) is 0 Å². The standard InChI is InChI=1S/C9H9NO5S/c1-15-16(13,14)9-4-2-8(3-5-9)6-7-10(11)12/h2-7H,1H3/b7-6+. The van der Waals surface area contributed by atoms with E-state index in [2.05, 4.69) is 4.18 Å². The number of hydrogen-bond donors (Lipinski definition) is 0. The first-order valence-corrected chi connectivity index (χ1v) is 5.59. The summed E-state index contributed by atoms with van der Waals surface area (Å²) in [6.07, 6.45) is 2.04. The summed E-state index contributed by atoms with van der Waals surface area (Å²) in [6.45, 7) is 0. The lowest BCUT2D eigenvalue weighted by Gasteiger charge is -2.00. The average molecular weight is 243 g/mol. The number of nitro groups is 1. The molecule has 0 saturated heterocycles. The van der Waals surface area contributed by atoms with Gasteiger partial charge < -0.3 is 0 Å². The zero-order chi connectivity index (χ0) is 12.2. The van der Waals surface area contributed by atoms with Gasteiger partial charge in [0.15, 0.2) is 0 Å². The van der Waals surface area contributed by atoms with Gasteiger partial charge in [0.05, 0.1) is 16.9 Å². The van der Waals surface area contributed by atoms with E-state index >= 15 is 0 Å². The Labute approximate surface area is 92.4 Å². The van der Waals surface area contributed by atoms with Crippen molar-refractivity contribution in [2.45, 2.75) is 4.90 Å². The molecule has 0 spiro atoms. The topological polar surface area (TPSA) is 86.5 Å². The van der Waals surface area contributed by atoms with Crippen LogP contribution in [0.15, 0.2) is 35.4 Å². The maximum absolute atomic E-state index is 11.2. The third-order valence-corrected chi connectivity index (χ3v) is 3.07. The van der Waals surface area contributed by atoms with Gasteiger partial charge in [-0.25, -0.2) is 0 Å². The molecule has 0 aliphatic heterocycles. The SMILES string of the molecule is COS(=O)(=O)c1ccc(/C=C/[N+](=O)[O-])cc1. The largest absolute Gasteiger partial charge is 0.296 e. The molecule has 6 nitrogen and oxygen atoms in total. The highest BCUT2D eigenvalue weighted by Gasteiger charge is 2.11. The molecule has 0 atom stereocenters. The fraction of sp³-hybridized carbons (Fsp3) is 0.111. The molecule has 0 bridgehead atoms. The second-order valence-corrected chi connectivity index (χ2v) is 4.50. The molecule has 86 valence electrons. The Kier molecular flexibility index (Phi) is 3.75. The molecular weight excluding hydrogens is 234 g/mol. The second-order valence-electron chi connectivity index (χ2n) is 2.79. The molecule has 1 rings (SSSR count). The molecule has 7 heteroatoms. The molecule has 1 aromatic carbocycles. The molecule has 1 aromatic rings. The third-order valence-electron chi connectivity index (χ3n) is 1.78. The molecule has 0 fully saturated rings. The highest BCUT2D eigenvalue weighted by molar-refractivity contribution is 7.86. The first-order valence-electron chi connectivity index (χ1n) is 4.18. The van der Waals surface area contributed by atoms with Crippen LogP contribution >= 0.6 is 0 Å². The molecule has 16 heavy (non-hydrogen) atoms. The normalized spacial score (nSPS) is 11.8. The smallest absolute Gasteiger partial charge is 0.270 e. The van der Waals surface area contributed by atoms with Crippen molar-refractivity contribution < 1.29 is 17.5 Å². The van der Waals surface area contributed by atoms with Crippen LogP contribution in [-0.4, -0.2) is 20.5 Å². The summed E-state index contributed by atoms with van der Waals surface area (Å²) in [4.78, 5) is 9.46. The van der Waals surface area contributed by atoms with E-state index < -0.39 is 15.0 Å². The van der Waals surface area contributed by atoms with Gasteiger partial charge in [-0.2, -0.15) is 8.42 Å². The van der Waals surface area contributed by atoms with Crippen molar-refractivity contribution in [3.63, 3.8) is 0 Å². The van der Waals surface area contributed by atoms with Gasteiger partial charge in [0.1, 0.15) is 0 Å². The van der Waals surface area contributed by atoms with E-state index in [1.807, 2.05) is 0 Å². The minimum atomic E-state index is -3.70. The second kappa shape index (κ2) is 4.86. The Morgan fingerprint density at radius 3 is 2.31 bits per heavy atom. The highest BCUT2D eigenvalue weighted by Crippen LogP contribution is 2.13. The number of benzene rings is 1. The predicted molar refractivity (Wildman–Crippen MR) is 56.7 cm³/mol. The molecule has 0 saturated carbocycles. The first kappa shape index (κ1) is 12.3. The summed E-state index contributed by atoms with van der Waals surface area (Å²) in [6, 6.07) is 5.54. The monoisotopic (exact) mass is 243 g/mol. The van der Waals surface area contributed by atoms with Gasteiger partial charge in [0.2, 0.25) is 6.20 Å². The van der Waals surface area contributed by atoms with Gasteiger partial charge in [-0.05, 0) is 17.7 Å². The molecule has 0 amide bonds. The summed E-state index contributed by atoms with van der Waals surface area (Å²) in [5.41, 5.74) is 0.534. The zero-order valence-corrected chi connectivity index (χ0v) is 9.18. The Bertz CT molecular complexity index is 503. The van der Waals surface area contributed by atoms with Crippen molar-refractivity contribution in [3.8, 4) is 0 Å². The van der Waals surface area contributed by atoms with E-state index in [-0.39, 0.29) is 4.90 Å². The number of nitrogens with zero attached hydrogens (tertiary/aromatic N) is 1. The number of rotatable bonds is 4. The summed E-state index contributed by atoms with van der Waals surface area (Å²) < 4.78 is 26.8. The van der Waals surface area contributed by atoms with Crippen LogP contribution in [0, 0.1) is 10.1 Å². The van der Waals surface area contributed by atoms with E-state index in [4.69, 9.17) is 0 Å². The van der Waals surface area contributed by atoms with Crippen LogP contribution in [0.2, 0.25) is 0 Å². The van der Waals surface area contributed by atoms with Crippen LogP contribution in [0.3, 0.4) is 0 Å². The highest BCUT2D eigenvalue weighted by atomic mass is 32.2. The molecule has 0 unspecified atom stereocenters. The molecular formula is C9H9NO5S. The van der Waals surface area contributed by atoms with Crippen LogP contribution in [0.25, 0.3) is 6.08 Å². The van der Waals surface area contributed by atoms with Crippen LogP contribution in [-0.2, 0) is 14.3 Å². The van der Waals surface area contributed by atoms with E-state index in [0.717, 1.165) is 13.3 Å². The summed E-state index contributed by atoms with van der Waals surface area (Å²) in [5.74, 6) is 0. The van der Waals surface area contributed by atoms with E-state index in [1.54, 1.807) is 0 Å². The Morgan fingerprint density at radius 2 is 1.88 bits per heavy atom. The minimum absolute atomic E-state index is 0.00764. The van der Waals surface area contributed by atoms with Crippen LogP contribution < -0.4 is 0 Å². The Morgan fingerprint density at radius 1 is 1.31 bits per heavy atom. The van der Waals surface area contributed by atoms with Crippen molar-refractivity contribution in [1.82, 2.24) is 0 Å². The zero-order valence-electron chi connectivity index (χ0n) is 8.36. The maximum Gasteiger partial charge on any atom is 0.296 e. The lowest BCUT2D eigenvalue weighted by molar-refractivity contribution is -0.400. The van der Waals surface area contributed by atoms with Gasteiger partial charge in [-0.15, -0.1) is 0 Å². The van der Waals surface area contributed by atoms with E-state index in [0.29, 0.717) is 5.56 Å². The van der Waals surface area contributed by atoms with Crippen LogP contribution in [0.5, 0.6) is 0 Å². The predicted octanol–water partition coefficient (Wildman–Crippen LogP) is 1.27. The molecule has 0 heterocycles. The molecule has 0 radical (unpaired) electrons. The Hall–Kier alpha value is -1.73. The fourth-order valence-electron chi connectivity index (χ4n) is 0.989. The fourth-order valence-corrected chi connectivity index (χ4v) is 1.65. The summed E-state index contributed by atoms with van der Waals surface area (Å²) in [5, 5.41) is 10.0. The lowest BCUT2D eigenvalue weighted by atomic mass is 10.2. The lowest BCUT2D eigenvalue weighted by Crippen LogP contribution is -2.02. The van der Waals surface area contributed by atoms with Crippen LogP contribution in [0.4, 0.5) is 0 Å². The summed E-state index contributed by atoms with van der Waals surface area (Å²) in [7, 11) is -2.64. The van der Waals surface area contributed by atoms with E-state index in [9.17, 15) is 18.5 Å². The van der Waals surface area contributed by atoms with Crippen molar-refractivity contribution in [1.29, 1.82) is 0 Å². The summed E-state index contributed by atoms with van der Waals surface area (Å²) >= 11 is 0. The Balaban J connectivity index is 2.96. The van der Waals surface area contributed by atoms with Gasteiger partial charge in [0, 0.05) is 6.08 Å². The average Bonchev–Trinajstić information content (AvgIpc) is 2.27. The third kappa shape index (κ3) is 3.14. The number of hydrogen-bond acceptors (Lipinski definition) is 5. The van der Waals surface area contributed by atoms with Gasteiger partial charge in [-0.3, -0.25) is 14.3 Å². The molecule has 0 aliphatic carbocycles. The van der Waals surface area contributed by atoms with Crippen molar-refractivity contribution in [3.05, 3.63) is 46.1 Å². The van der Waals surface area contributed by atoms with Gasteiger partial charge in [0.25, 0.3) is 10.1 Å². The molecule has 0 N–H and O–H groups in total. The minimum Gasteiger partial charge on any atom is -0.270 e. The quantitative estimate of drug-likeness (QED) is 0.451. The molecule has 0 aliphatic rings. The van der Waals surface area contributed by atoms with E-state index in [1.165, 1.54) is 30.3 Å². The van der Waals surface area contributed by atoms with Crippen molar-refractivity contribution >= 4 is 16.2 Å².